The summed E-state index contributed by atoms with van der Waals surface area (Å²) in [5.74, 6) is 2.55. The van der Waals surface area contributed by atoms with Crippen molar-refractivity contribution in [3.63, 3.8) is 0 Å². The second kappa shape index (κ2) is 2.90. The zero-order valence-corrected chi connectivity index (χ0v) is 10.4. The monoisotopic (exact) mass is 240 g/mol. The predicted molar refractivity (Wildman–Crippen MR) is 66.9 cm³/mol. The van der Waals surface area contributed by atoms with Crippen LogP contribution in [0.15, 0.2) is 18.6 Å². The predicted octanol–water partition coefficient (Wildman–Crippen LogP) is 1.55. The summed E-state index contributed by atoms with van der Waals surface area (Å²) in [4.78, 5) is 13.6. The summed E-state index contributed by atoms with van der Waals surface area (Å²) in [7, 11) is 0. The van der Waals surface area contributed by atoms with E-state index in [1.807, 2.05) is 52.6 Å². The average Bonchev–Trinajstić information content (AvgIpc) is 2.93. The van der Waals surface area contributed by atoms with Crippen molar-refractivity contribution in [2.75, 3.05) is 0 Å². The van der Waals surface area contributed by atoms with Gasteiger partial charge < -0.3 is 0 Å². The Morgan fingerprint density at radius 1 is 0.611 bits per heavy atom. The molecule has 0 saturated heterocycles. The van der Waals surface area contributed by atoms with Gasteiger partial charge in [0.15, 0.2) is 0 Å². The molecule has 0 unspecified atom stereocenters. The summed E-state index contributed by atoms with van der Waals surface area (Å²) in [6, 6.07) is 0. The number of hydrogen-bond acceptors (Lipinski definition) is 3. The molecule has 0 aliphatic rings. The molecular formula is C12H12N6. The number of fused-ring (bicyclic) bond motifs is 6. The van der Waals surface area contributed by atoms with Crippen molar-refractivity contribution in [3.05, 3.63) is 35.7 Å². The van der Waals surface area contributed by atoms with Gasteiger partial charge in [-0.15, -0.1) is 0 Å². The summed E-state index contributed by atoms with van der Waals surface area (Å²) in [6.07, 6.45) is 5.98. The normalized spacial score (nSPS) is 12.2. The number of hydrogen-bond donors (Lipinski definition) is 0. The van der Waals surface area contributed by atoms with Crippen LogP contribution in [-0.2, 0) is 0 Å². The Morgan fingerprint density at radius 3 is 1.17 bits per heavy atom. The summed E-state index contributed by atoms with van der Waals surface area (Å²) < 4.78 is 5.99. The van der Waals surface area contributed by atoms with E-state index < -0.39 is 0 Å². The van der Waals surface area contributed by atoms with E-state index in [1.165, 1.54) is 0 Å². The SMILES string of the molecule is Cc1cn2c(n1)n1cc(C)nc1n1cc(C)nc21. The highest BCUT2D eigenvalue weighted by Gasteiger charge is 2.13. The van der Waals surface area contributed by atoms with Gasteiger partial charge >= 0.3 is 0 Å². The van der Waals surface area contributed by atoms with Crippen LogP contribution in [0.5, 0.6) is 0 Å². The second-order valence-corrected chi connectivity index (χ2v) is 4.66. The van der Waals surface area contributed by atoms with Gasteiger partial charge in [-0.3, -0.25) is 13.2 Å². The van der Waals surface area contributed by atoms with Crippen LogP contribution >= 0.6 is 0 Å². The Morgan fingerprint density at radius 2 is 0.889 bits per heavy atom. The summed E-state index contributed by atoms with van der Waals surface area (Å²) in [5, 5.41) is 0. The molecule has 4 aromatic heterocycles. The fourth-order valence-corrected chi connectivity index (χ4v) is 2.41. The van der Waals surface area contributed by atoms with Crippen LogP contribution in [0, 0.1) is 20.8 Å². The van der Waals surface area contributed by atoms with Crippen molar-refractivity contribution in [1.82, 2.24) is 28.2 Å². The Balaban J connectivity index is 2.43. The molecule has 0 fully saturated rings. The van der Waals surface area contributed by atoms with Gasteiger partial charge in [-0.1, -0.05) is 0 Å². The van der Waals surface area contributed by atoms with Crippen molar-refractivity contribution in [1.29, 1.82) is 0 Å². The molecule has 4 aromatic rings. The number of rotatable bonds is 0. The molecule has 6 nitrogen and oxygen atoms in total. The lowest BCUT2D eigenvalue weighted by Crippen LogP contribution is -2.02. The maximum atomic E-state index is 4.55. The lowest BCUT2D eigenvalue weighted by molar-refractivity contribution is 0.978. The first-order valence-electron chi connectivity index (χ1n) is 5.82. The molecule has 0 saturated carbocycles. The quantitative estimate of drug-likeness (QED) is 0.468. The van der Waals surface area contributed by atoms with Crippen molar-refractivity contribution in [2.45, 2.75) is 20.8 Å². The van der Waals surface area contributed by atoms with Gasteiger partial charge in [-0.25, -0.2) is 15.0 Å². The lowest BCUT2D eigenvalue weighted by atomic mass is 10.6. The molecular weight excluding hydrogens is 228 g/mol. The number of aromatic nitrogens is 6. The molecule has 0 aliphatic carbocycles. The van der Waals surface area contributed by atoms with Crippen LogP contribution < -0.4 is 0 Å². The summed E-state index contributed by atoms with van der Waals surface area (Å²) in [5.41, 5.74) is 2.91. The largest absolute Gasteiger partial charge is 0.254 e. The highest BCUT2D eigenvalue weighted by Crippen LogP contribution is 2.15. The van der Waals surface area contributed by atoms with E-state index in [0.717, 1.165) is 34.4 Å². The van der Waals surface area contributed by atoms with Crippen molar-refractivity contribution in [3.8, 4) is 0 Å². The summed E-state index contributed by atoms with van der Waals surface area (Å²) >= 11 is 0. The first-order chi connectivity index (χ1) is 8.63. The van der Waals surface area contributed by atoms with Crippen LogP contribution in [-0.4, -0.2) is 28.2 Å². The van der Waals surface area contributed by atoms with Crippen LogP contribution in [0.25, 0.3) is 17.3 Å². The maximum absolute atomic E-state index is 4.55. The third-order valence-corrected chi connectivity index (χ3v) is 3.07. The fourth-order valence-electron chi connectivity index (χ4n) is 2.41. The minimum Gasteiger partial charge on any atom is -0.254 e. The van der Waals surface area contributed by atoms with Gasteiger partial charge in [-0.05, 0) is 20.8 Å². The molecule has 0 aliphatic heterocycles. The highest BCUT2D eigenvalue weighted by molar-refractivity contribution is 5.55. The number of imidazole rings is 3. The maximum Gasteiger partial charge on any atom is 0.224 e. The van der Waals surface area contributed by atoms with Crippen LogP contribution in [0.3, 0.4) is 0 Å². The van der Waals surface area contributed by atoms with Gasteiger partial charge in [0.1, 0.15) is 0 Å². The standard InChI is InChI=1S/C12H12N6/c1-7-4-16-10(13-7)17-5-8(2)15-12(17)18-6-9(3)14-11(16)18/h4-6H,1-3H3. The molecule has 0 aromatic carbocycles. The lowest BCUT2D eigenvalue weighted by Gasteiger charge is -2.01. The topological polar surface area (TPSA) is 51.9 Å². The Kier molecular flexibility index (Phi) is 1.55. The van der Waals surface area contributed by atoms with Crippen molar-refractivity contribution in [2.24, 2.45) is 0 Å². The van der Waals surface area contributed by atoms with Gasteiger partial charge in [-0.2, -0.15) is 0 Å². The molecule has 4 heterocycles. The van der Waals surface area contributed by atoms with Crippen LogP contribution in [0.4, 0.5) is 0 Å². The molecule has 6 heteroatoms. The van der Waals surface area contributed by atoms with E-state index in [0.29, 0.717) is 0 Å². The minimum atomic E-state index is 0.848. The zero-order chi connectivity index (χ0) is 12.4. The van der Waals surface area contributed by atoms with Gasteiger partial charge in [0.25, 0.3) is 0 Å². The van der Waals surface area contributed by atoms with Crippen LogP contribution in [0.1, 0.15) is 17.1 Å². The first kappa shape index (κ1) is 9.64. The third kappa shape index (κ3) is 1.04. The van der Waals surface area contributed by atoms with Crippen molar-refractivity contribution >= 4 is 17.3 Å². The molecule has 4 rings (SSSR count). The van der Waals surface area contributed by atoms with E-state index in [-0.39, 0.29) is 0 Å². The number of aryl methyl sites for hydroxylation is 3. The number of nitrogens with zero attached hydrogens (tertiary/aromatic N) is 6. The first-order valence-corrected chi connectivity index (χ1v) is 5.82. The van der Waals surface area contributed by atoms with E-state index in [2.05, 4.69) is 15.0 Å². The smallest absolute Gasteiger partial charge is 0.224 e. The molecule has 0 bridgehead atoms. The molecule has 0 spiro atoms. The molecule has 0 amide bonds. The van der Waals surface area contributed by atoms with Gasteiger partial charge in [0, 0.05) is 18.6 Å². The van der Waals surface area contributed by atoms with Crippen LogP contribution in [0.2, 0.25) is 0 Å². The van der Waals surface area contributed by atoms with Gasteiger partial charge in [0.05, 0.1) is 17.1 Å². The van der Waals surface area contributed by atoms with E-state index >= 15 is 0 Å². The van der Waals surface area contributed by atoms with E-state index in [4.69, 9.17) is 0 Å². The minimum absolute atomic E-state index is 0.848. The highest BCUT2D eigenvalue weighted by atomic mass is 15.3. The van der Waals surface area contributed by atoms with E-state index in [1.54, 1.807) is 0 Å². The molecule has 90 valence electrons. The fraction of sp³-hybridized carbons (Fsp3) is 0.250. The van der Waals surface area contributed by atoms with Gasteiger partial charge in [0.2, 0.25) is 17.3 Å². The Labute approximate surface area is 103 Å². The second-order valence-electron chi connectivity index (χ2n) is 4.66. The van der Waals surface area contributed by atoms with Crippen molar-refractivity contribution < 1.29 is 0 Å². The molecule has 0 atom stereocenters. The zero-order valence-electron chi connectivity index (χ0n) is 10.4. The molecule has 0 N–H and O–H groups in total. The Hall–Kier alpha value is -2.37. The Bertz CT molecular complexity index is 689. The third-order valence-electron chi connectivity index (χ3n) is 3.07. The molecule has 0 radical (unpaired) electrons. The summed E-state index contributed by atoms with van der Waals surface area (Å²) in [6.45, 7) is 5.94. The van der Waals surface area contributed by atoms with E-state index in [9.17, 15) is 0 Å². The molecule has 18 heavy (non-hydrogen) atoms. The average molecular weight is 240 g/mol.